The van der Waals surface area contributed by atoms with Crippen LogP contribution >= 0.6 is 0 Å². The summed E-state index contributed by atoms with van der Waals surface area (Å²) in [4.78, 5) is 22.3. The van der Waals surface area contributed by atoms with Crippen LogP contribution in [-0.4, -0.2) is 54.7 Å². The lowest BCUT2D eigenvalue weighted by Crippen LogP contribution is -2.42. The van der Waals surface area contributed by atoms with Gasteiger partial charge in [-0.2, -0.15) is 0 Å². The molecule has 1 atom stereocenters. The van der Waals surface area contributed by atoms with Gasteiger partial charge in [-0.3, -0.25) is 9.59 Å². The average molecular weight is 307 g/mol. The van der Waals surface area contributed by atoms with Crippen LogP contribution in [0, 0.1) is 5.92 Å². The molecular formula is C12H21NO6S. The van der Waals surface area contributed by atoms with Crippen LogP contribution in [0.2, 0.25) is 0 Å². The van der Waals surface area contributed by atoms with Crippen molar-refractivity contribution in [3.63, 3.8) is 0 Å². The SMILES string of the molecule is CCOC(=O)CC1(S(=O)(=O)N(C)CC(C)C(=O)O)CC1. The second-order valence-corrected chi connectivity index (χ2v) is 7.63. The van der Waals surface area contributed by atoms with E-state index in [1.165, 1.54) is 14.0 Å². The molecule has 1 aliphatic rings. The van der Waals surface area contributed by atoms with Crippen LogP contribution in [0.25, 0.3) is 0 Å². The second kappa shape index (κ2) is 6.09. The van der Waals surface area contributed by atoms with Gasteiger partial charge in [0.1, 0.15) is 0 Å². The van der Waals surface area contributed by atoms with E-state index in [2.05, 4.69) is 0 Å². The molecule has 1 aliphatic carbocycles. The molecule has 1 rings (SSSR count). The van der Waals surface area contributed by atoms with Gasteiger partial charge in [0.15, 0.2) is 0 Å². The number of esters is 1. The van der Waals surface area contributed by atoms with E-state index in [-0.39, 0.29) is 19.6 Å². The van der Waals surface area contributed by atoms with Crippen molar-refractivity contribution in [2.45, 2.75) is 37.9 Å². The monoisotopic (exact) mass is 307 g/mol. The van der Waals surface area contributed by atoms with Crippen molar-refractivity contribution in [3.05, 3.63) is 0 Å². The smallest absolute Gasteiger partial charge is 0.307 e. The molecule has 20 heavy (non-hydrogen) atoms. The summed E-state index contributed by atoms with van der Waals surface area (Å²) in [5, 5.41) is 8.83. The van der Waals surface area contributed by atoms with E-state index in [0.29, 0.717) is 12.8 Å². The summed E-state index contributed by atoms with van der Waals surface area (Å²) in [6.45, 7) is 3.20. The Kier molecular flexibility index (Phi) is 5.15. The van der Waals surface area contributed by atoms with Gasteiger partial charge in [-0.25, -0.2) is 12.7 Å². The number of carboxylic acids is 1. The fraction of sp³-hybridized carbons (Fsp3) is 0.833. The van der Waals surface area contributed by atoms with E-state index >= 15 is 0 Å². The quantitative estimate of drug-likeness (QED) is 0.654. The number of aliphatic carboxylic acids is 1. The Hall–Kier alpha value is -1.15. The Balaban J connectivity index is 2.77. The van der Waals surface area contributed by atoms with E-state index in [1.54, 1.807) is 6.92 Å². The predicted octanol–water partition coefficient (Wildman–Crippen LogP) is 0.454. The van der Waals surface area contributed by atoms with Crippen molar-refractivity contribution in [2.75, 3.05) is 20.2 Å². The molecule has 1 unspecified atom stereocenters. The largest absolute Gasteiger partial charge is 0.481 e. The van der Waals surface area contributed by atoms with Crippen LogP contribution < -0.4 is 0 Å². The summed E-state index contributed by atoms with van der Waals surface area (Å²) in [7, 11) is -2.35. The zero-order chi connectivity index (χ0) is 15.6. The van der Waals surface area contributed by atoms with Gasteiger partial charge >= 0.3 is 11.9 Å². The Bertz CT molecular complexity index is 482. The number of hydrogen-bond donors (Lipinski definition) is 1. The van der Waals surface area contributed by atoms with Crippen molar-refractivity contribution in [1.29, 1.82) is 0 Å². The maximum Gasteiger partial charge on any atom is 0.307 e. The highest BCUT2D eigenvalue weighted by atomic mass is 32.2. The molecule has 0 heterocycles. The van der Waals surface area contributed by atoms with Crippen LogP contribution in [0.3, 0.4) is 0 Å². The molecule has 0 bridgehead atoms. The number of carbonyl (C=O) groups excluding carboxylic acids is 1. The molecule has 0 aromatic rings. The molecule has 0 aliphatic heterocycles. The summed E-state index contributed by atoms with van der Waals surface area (Å²) in [6.07, 6.45) is 0.634. The standard InChI is InChI=1S/C12H21NO6S/c1-4-19-10(14)7-12(5-6-12)20(17,18)13(3)8-9(2)11(15)16/h9H,4-8H2,1-3H3,(H,15,16). The Labute approximate surface area is 118 Å². The summed E-state index contributed by atoms with van der Waals surface area (Å²) in [5.41, 5.74) is 0. The van der Waals surface area contributed by atoms with Crippen LogP contribution in [0.1, 0.15) is 33.1 Å². The highest BCUT2D eigenvalue weighted by molar-refractivity contribution is 7.90. The minimum absolute atomic E-state index is 0.109. The molecule has 7 nitrogen and oxygen atoms in total. The summed E-state index contributed by atoms with van der Waals surface area (Å²) >= 11 is 0. The predicted molar refractivity (Wildman–Crippen MR) is 71.6 cm³/mol. The number of carboxylic acid groups (broad SMARTS) is 1. The van der Waals surface area contributed by atoms with Crippen LogP contribution in [-0.2, 0) is 24.3 Å². The number of rotatable bonds is 8. The lowest BCUT2D eigenvalue weighted by molar-refractivity contribution is -0.143. The minimum atomic E-state index is -3.70. The van der Waals surface area contributed by atoms with E-state index < -0.39 is 32.6 Å². The van der Waals surface area contributed by atoms with E-state index in [4.69, 9.17) is 9.84 Å². The van der Waals surface area contributed by atoms with E-state index in [0.717, 1.165) is 4.31 Å². The summed E-state index contributed by atoms with van der Waals surface area (Å²) < 4.78 is 29.6. The molecule has 1 saturated carbocycles. The molecule has 0 aromatic heterocycles. The van der Waals surface area contributed by atoms with Crippen LogP contribution in [0.15, 0.2) is 0 Å². The first kappa shape index (κ1) is 16.9. The van der Waals surface area contributed by atoms with Crippen molar-refractivity contribution >= 4 is 22.0 Å². The summed E-state index contributed by atoms with van der Waals surface area (Å²) in [5.74, 6) is -2.39. The Morgan fingerprint density at radius 1 is 1.40 bits per heavy atom. The molecule has 8 heteroatoms. The number of carbonyl (C=O) groups is 2. The van der Waals surface area contributed by atoms with E-state index in [1.807, 2.05) is 0 Å². The molecule has 0 aromatic carbocycles. The minimum Gasteiger partial charge on any atom is -0.481 e. The number of ether oxygens (including phenoxy) is 1. The van der Waals surface area contributed by atoms with E-state index in [9.17, 15) is 18.0 Å². The number of sulfonamides is 1. The van der Waals surface area contributed by atoms with Crippen molar-refractivity contribution in [2.24, 2.45) is 5.92 Å². The third kappa shape index (κ3) is 3.49. The summed E-state index contributed by atoms with van der Waals surface area (Å²) in [6, 6.07) is 0. The second-order valence-electron chi connectivity index (χ2n) is 5.19. The third-order valence-electron chi connectivity index (χ3n) is 3.49. The number of hydrogen-bond acceptors (Lipinski definition) is 5. The fourth-order valence-electron chi connectivity index (χ4n) is 2.03. The first-order chi connectivity index (χ1) is 9.16. The molecule has 0 radical (unpaired) electrons. The lowest BCUT2D eigenvalue weighted by Gasteiger charge is -2.25. The zero-order valence-electron chi connectivity index (χ0n) is 12.0. The normalized spacial score (nSPS) is 18.6. The topological polar surface area (TPSA) is 101 Å². The molecule has 0 saturated heterocycles. The third-order valence-corrected chi connectivity index (χ3v) is 6.11. The highest BCUT2D eigenvalue weighted by Crippen LogP contribution is 2.48. The van der Waals surface area contributed by atoms with Crippen LogP contribution in [0.5, 0.6) is 0 Å². The molecule has 1 N–H and O–H groups in total. The van der Waals surface area contributed by atoms with Gasteiger partial charge in [0.05, 0.1) is 23.7 Å². The van der Waals surface area contributed by atoms with Crippen molar-refractivity contribution in [3.8, 4) is 0 Å². The maximum atomic E-state index is 12.4. The Morgan fingerprint density at radius 2 is 1.95 bits per heavy atom. The molecule has 0 amide bonds. The van der Waals surface area contributed by atoms with Gasteiger partial charge in [0.25, 0.3) is 0 Å². The van der Waals surface area contributed by atoms with Crippen molar-refractivity contribution < 1.29 is 27.9 Å². The fourth-order valence-corrected chi connectivity index (χ4v) is 4.03. The zero-order valence-corrected chi connectivity index (χ0v) is 12.8. The molecule has 0 spiro atoms. The first-order valence-corrected chi connectivity index (χ1v) is 7.94. The molecular weight excluding hydrogens is 286 g/mol. The van der Waals surface area contributed by atoms with Gasteiger partial charge < -0.3 is 9.84 Å². The van der Waals surface area contributed by atoms with Gasteiger partial charge in [-0.1, -0.05) is 6.92 Å². The first-order valence-electron chi connectivity index (χ1n) is 6.50. The van der Waals surface area contributed by atoms with Gasteiger partial charge in [0.2, 0.25) is 10.0 Å². The molecule has 116 valence electrons. The highest BCUT2D eigenvalue weighted by Gasteiger charge is 2.57. The average Bonchev–Trinajstić information content (AvgIpc) is 3.10. The van der Waals surface area contributed by atoms with Gasteiger partial charge in [-0.05, 0) is 19.8 Å². The van der Waals surface area contributed by atoms with Gasteiger partial charge in [0, 0.05) is 13.6 Å². The Morgan fingerprint density at radius 3 is 2.35 bits per heavy atom. The molecule has 1 fully saturated rings. The van der Waals surface area contributed by atoms with Crippen LogP contribution in [0.4, 0.5) is 0 Å². The van der Waals surface area contributed by atoms with Gasteiger partial charge in [-0.15, -0.1) is 0 Å². The number of nitrogens with zero attached hydrogens (tertiary/aromatic N) is 1. The maximum absolute atomic E-state index is 12.4. The lowest BCUT2D eigenvalue weighted by atomic mass is 10.2. The van der Waals surface area contributed by atoms with Crippen molar-refractivity contribution in [1.82, 2.24) is 4.31 Å².